The van der Waals surface area contributed by atoms with Crippen LogP contribution in [0.5, 0.6) is 5.75 Å². The van der Waals surface area contributed by atoms with Crippen molar-refractivity contribution in [3.8, 4) is 5.75 Å². The first-order valence-electron chi connectivity index (χ1n) is 5.34. The van der Waals surface area contributed by atoms with Gasteiger partial charge in [-0.2, -0.15) is 21.6 Å². The summed E-state index contributed by atoms with van der Waals surface area (Å²) in [5, 5.41) is 0.825. The summed E-state index contributed by atoms with van der Waals surface area (Å²) < 4.78 is 63.7. The average molecular weight is 383 g/mol. The molecule has 0 bridgehead atoms. The number of carbonyl (C=O) groups is 1. The van der Waals surface area contributed by atoms with Gasteiger partial charge in [0.25, 0.3) is 0 Å². The van der Waals surface area contributed by atoms with Gasteiger partial charge in [0.2, 0.25) is 0 Å². The van der Waals surface area contributed by atoms with Gasteiger partial charge in [0.1, 0.15) is 0 Å². The molecule has 0 atom stereocenters. The molecule has 4 nitrogen and oxygen atoms in total. The van der Waals surface area contributed by atoms with Crippen LogP contribution in [-0.2, 0) is 10.1 Å². The minimum absolute atomic E-state index is 0.247. The van der Waals surface area contributed by atoms with E-state index in [1.165, 1.54) is 12.1 Å². The van der Waals surface area contributed by atoms with Crippen LogP contribution in [0.2, 0.25) is 0 Å². The zero-order valence-electron chi connectivity index (χ0n) is 10.0. The molecule has 0 N–H and O–H groups in total. The molecule has 21 heavy (non-hydrogen) atoms. The van der Waals surface area contributed by atoms with Crippen LogP contribution < -0.4 is 4.18 Å². The van der Waals surface area contributed by atoms with E-state index in [2.05, 4.69) is 20.1 Å². The molecule has 0 fully saturated rings. The summed E-state index contributed by atoms with van der Waals surface area (Å²) in [6.45, 7) is 0. The number of fused-ring (bicyclic) bond motifs is 1. The molecule has 0 unspecified atom stereocenters. The Morgan fingerprint density at radius 1 is 1.14 bits per heavy atom. The summed E-state index contributed by atoms with van der Waals surface area (Å²) in [5.41, 5.74) is -5.84. The van der Waals surface area contributed by atoms with Gasteiger partial charge in [-0.25, -0.2) is 0 Å². The van der Waals surface area contributed by atoms with Crippen molar-refractivity contribution in [2.75, 3.05) is 0 Å². The summed E-state index contributed by atoms with van der Waals surface area (Å²) in [5.74, 6) is -0.669. The zero-order chi connectivity index (χ0) is 15.8. The van der Waals surface area contributed by atoms with E-state index in [1.54, 1.807) is 12.1 Å². The van der Waals surface area contributed by atoms with Crippen molar-refractivity contribution in [3.63, 3.8) is 0 Å². The molecular weight excluding hydrogens is 377 g/mol. The van der Waals surface area contributed by atoms with Gasteiger partial charge in [0.05, 0.1) is 5.56 Å². The van der Waals surface area contributed by atoms with Gasteiger partial charge in [-0.3, -0.25) is 4.79 Å². The highest BCUT2D eigenvalue weighted by molar-refractivity contribution is 9.10. The second-order valence-corrected chi connectivity index (χ2v) is 6.40. The molecule has 0 saturated heterocycles. The first kappa shape index (κ1) is 15.8. The van der Waals surface area contributed by atoms with E-state index >= 15 is 0 Å². The summed E-state index contributed by atoms with van der Waals surface area (Å²) >= 11 is 3.21. The number of hydrogen-bond donors (Lipinski definition) is 0. The molecule has 2 aromatic carbocycles. The Labute approximate surface area is 125 Å². The predicted molar refractivity (Wildman–Crippen MR) is 72.6 cm³/mol. The maximum atomic E-state index is 12.3. The Balaban J connectivity index is 2.61. The van der Waals surface area contributed by atoms with Crippen LogP contribution in [0.3, 0.4) is 0 Å². The molecule has 0 radical (unpaired) electrons. The van der Waals surface area contributed by atoms with Crippen LogP contribution in [-0.4, -0.2) is 20.2 Å². The minimum Gasteiger partial charge on any atom is -0.375 e. The highest BCUT2D eigenvalue weighted by Crippen LogP contribution is 2.32. The average Bonchev–Trinajstić information content (AvgIpc) is 2.37. The van der Waals surface area contributed by atoms with Crippen LogP contribution in [0.1, 0.15) is 10.4 Å². The molecule has 0 aliphatic carbocycles. The van der Waals surface area contributed by atoms with Gasteiger partial charge in [-0.15, -0.1) is 0 Å². The van der Waals surface area contributed by atoms with E-state index < -0.39 is 21.4 Å². The van der Waals surface area contributed by atoms with Crippen LogP contribution in [0.4, 0.5) is 13.2 Å². The van der Waals surface area contributed by atoms with Crippen molar-refractivity contribution >= 4 is 43.1 Å². The molecule has 0 heterocycles. The fraction of sp³-hybridized carbons (Fsp3) is 0.0833. The summed E-state index contributed by atoms with van der Waals surface area (Å²) in [6, 6.07) is 7.02. The second-order valence-electron chi connectivity index (χ2n) is 3.94. The van der Waals surface area contributed by atoms with Crippen molar-refractivity contribution in [2.24, 2.45) is 0 Å². The molecule has 0 aliphatic rings. The number of halogens is 4. The fourth-order valence-corrected chi connectivity index (χ4v) is 2.52. The van der Waals surface area contributed by atoms with Gasteiger partial charge in [0, 0.05) is 4.47 Å². The Morgan fingerprint density at radius 3 is 2.38 bits per heavy atom. The van der Waals surface area contributed by atoms with Gasteiger partial charge in [-0.1, -0.05) is 28.1 Å². The maximum absolute atomic E-state index is 12.3. The smallest absolute Gasteiger partial charge is 0.375 e. The molecule has 2 rings (SSSR count). The Bertz CT molecular complexity index is 815. The maximum Gasteiger partial charge on any atom is 0.534 e. The monoisotopic (exact) mass is 382 g/mol. The SMILES string of the molecule is O=Cc1c(OS(=O)(=O)C(F)(F)F)ccc2cc(Br)ccc12. The summed E-state index contributed by atoms with van der Waals surface area (Å²) in [6.07, 6.45) is 0.247. The van der Waals surface area contributed by atoms with Gasteiger partial charge >= 0.3 is 15.6 Å². The molecule has 9 heteroatoms. The molecule has 112 valence electrons. The molecule has 0 aromatic heterocycles. The lowest BCUT2D eigenvalue weighted by molar-refractivity contribution is -0.0500. The minimum atomic E-state index is -5.83. The third-order valence-electron chi connectivity index (χ3n) is 2.58. The summed E-state index contributed by atoms with van der Waals surface area (Å²) in [4.78, 5) is 11.1. The van der Waals surface area contributed by atoms with E-state index in [4.69, 9.17) is 0 Å². The van der Waals surface area contributed by atoms with Crippen LogP contribution >= 0.6 is 15.9 Å². The van der Waals surface area contributed by atoms with E-state index in [9.17, 15) is 26.4 Å². The normalized spacial score (nSPS) is 12.4. The molecule has 0 amide bonds. The molecule has 2 aromatic rings. The molecular formula is C12H6BrF3O4S. The fourth-order valence-electron chi connectivity index (χ4n) is 1.66. The predicted octanol–water partition coefficient (Wildman–Crippen LogP) is 3.64. The van der Waals surface area contributed by atoms with Crippen molar-refractivity contribution in [1.82, 2.24) is 0 Å². The second kappa shape index (κ2) is 5.30. The number of benzene rings is 2. The largest absolute Gasteiger partial charge is 0.534 e. The van der Waals surface area contributed by atoms with Gasteiger partial charge in [-0.05, 0) is 29.0 Å². The number of hydrogen-bond acceptors (Lipinski definition) is 4. The zero-order valence-corrected chi connectivity index (χ0v) is 12.4. The quantitative estimate of drug-likeness (QED) is 0.461. The lowest BCUT2D eigenvalue weighted by Gasteiger charge is -2.12. The Morgan fingerprint density at radius 2 is 1.81 bits per heavy atom. The Hall–Kier alpha value is -1.61. The topological polar surface area (TPSA) is 60.4 Å². The van der Waals surface area contributed by atoms with Crippen molar-refractivity contribution < 1.29 is 30.6 Å². The third-order valence-corrected chi connectivity index (χ3v) is 4.04. The van der Waals surface area contributed by atoms with E-state index in [-0.39, 0.29) is 17.2 Å². The first-order chi connectivity index (χ1) is 9.65. The third kappa shape index (κ3) is 3.03. The first-order valence-corrected chi connectivity index (χ1v) is 7.54. The summed E-state index contributed by atoms with van der Waals surface area (Å²) in [7, 11) is -5.83. The van der Waals surface area contributed by atoms with Gasteiger partial charge < -0.3 is 4.18 Å². The number of rotatable bonds is 3. The Kier molecular flexibility index (Phi) is 3.98. The van der Waals surface area contributed by atoms with Crippen molar-refractivity contribution in [3.05, 3.63) is 40.4 Å². The number of alkyl halides is 3. The van der Waals surface area contributed by atoms with Crippen LogP contribution in [0.15, 0.2) is 34.8 Å². The molecule has 0 aliphatic heterocycles. The van der Waals surface area contributed by atoms with E-state index in [0.29, 0.717) is 9.86 Å². The van der Waals surface area contributed by atoms with E-state index in [1.807, 2.05) is 0 Å². The van der Waals surface area contributed by atoms with Gasteiger partial charge in [0.15, 0.2) is 12.0 Å². The van der Waals surface area contributed by atoms with Crippen LogP contribution in [0.25, 0.3) is 10.8 Å². The molecule has 0 saturated carbocycles. The molecule has 0 spiro atoms. The standard InChI is InChI=1S/C12H6BrF3O4S/c13-8-2-3-9-7(5-8)1-4-11(10(9)6-17)20-21(18,19)12(14,15)16/h1-6H. The lowest BCUT2D eigenvalue weighted by Crippen LogP contribution is -2.28. The van der Waals surface area contributed by atoms with Crippen molar-refractivity contribution in [2.45, 2.75) is 5.51 Å². The van der Waals surface area contributed by atoms with E-state index in [0.717, 1.165) is 6.07 Å². The number of carbonyl (C=O) groups excluding carboxylic acids is 1. The van der Waals surface area contributed by atoms with Crippen molar-refractivity contribution in [1.29, 1.82) is 0 Å². The van der Waals surface area contributed by atoms with Crippen LogP contribution in [0, 0.1) is 0 Å². The highest BCUT2D eigenvalue weighted by Gasteiger charge is 2.48. The lowest BCUT2D eigenvalue weighted by atomic mass is 10.0. The number of aldehydes is 1. The highest BCUT2D eigenvalue weighted by atomic mass is 79.9.